The third-order valence-electron chi connectivity index (χ3n) is 16.4. The topological polar surface area (TPSA) is 187 Å². The van der Waals surface area contributed by atoms with Crippen LogP contribution in [-0.4, -0.2) is 85.6 Å². The van der Waals surface area contributed by atoms with E-state index in [-0.39, 0.29) is 74.5 Å². The molecule has 2 heterocycles. The molecule has 2 saturated carbocycles. The summed E-state index contributed by atoms with van der Waals surface area (Å²) in [5, 5.41) is 16.2. The van der Waals surface area contributed by atoms with Crippen molar-refractivity contribution in [1.29, 1.82) is 1.45 Å². The lowest BCUT2D eigenvalue weighted by Crippen LogP contribution is -2.53. The lowest BCUT2D eigenvalue weighted by Gasteiger charge is -2.39. The molecule has 0 bridgehead atoms. The molecule has 0 radical (unpaired) electrons. The average molecular weight is 1140 g/mol. The molecule has 2 aliphatic heterocycles. The molecule has 0 aromatic heterocycles. The van der Waals surface area contributed by atoms with Crippen molar-refractivity contribution < 1.29 is 43.3 Å². The van der Waals surface area contributed by atoms with E-state index in [4.69, 9.17) is 19.4 Å². The number of hydrogen-bond acceptors (Lipinski definition) is 9. The number of fused-ring (bicyclic) bond motifs is 2. The normalized spacial score (nSPS) is 19.0. The maximum absolute atomic E-state index is 14.4. The minimum Gasteiger partial charge on any atom is -0.481 e. The third kappa shape index (κ3) is 17.1. The minimum absolute atomic E-state index is 0. The van der Waals surface area contributed by atoms with Gasteiger partial charge in [0.15, 0.2) is 0 Å². The Morgan fingerprint density at radius 2 is 0.963 bits per heavy atom. The van der Waals surface area contributed by atoms with Crippen LogP contribution in [0.4, 0.5) is 16.1 Å². The van der Waals surface area contributed by atoms with Gasteiger partial charge < -0.3 is 30.3 Å². The Balaban J connectivity index is 0.000000420. The lowest BCUT2D eigenvalue weighted by atomic mass is 9.67. The molecule has 82 heavy (non-hydrogen) atoms. The van der Waals surface area contributed by atoms with Gasteiger partial charge in [0.05, 0.1) is 45.5 Å². The van der Waals surface area contributed by atoms with E-state index < -0.39 is 58.4 Å². The molecule has 2 aromatic rings. The number of anilines is 2. The van der Waals surface area contributed by atoms with Gasteiger partial charge in [-0.3, -0.25) is 43.5 Å². The van der Waals surface area contributed by atoms with Crippen molar-refractivity contribution >= 4 is 58.4 Å². The molecule has 3 N–H and O–H groups in total. The molecule has 4 aliphatic rings. The molecule has 4 atom stereocenters. The Bertz CT molecular complexity index is 2590. The Kier molecular flexibility index (Phi) is 26.4. The lowest BCUT2D eigenvalue weighted by molar-refractivity contribution is -0.174. The maximum Gasteiger partial charge on any atom is 0.314 e. The number of ether oxygens (including phenoxy) is 1. The van der Waals surface area contributed by atoms with Crippen molar-refractivity contribution in [1.82, 2.24) is 10.6 Å². The Labute approximate surface area is 491 Å². The highest BCUT2D eigenvalue weighted by atomic mass is 19.0. The second kappa shape index (κ2) is 31.8. The van der Waals surface area contributed by atoms with E-state index in [2.05, 4.69) is 38.4 Å². The van der Waals surface area contributed by atoms with Crippen LogP contribution in [-0.2, 0) is 33.5 Å². The molecule has 452 valence electrons. The number of carboxylic acids is 1. The summed E-state index contributed by atoms with van der Waals surface area (Å²) < 4.78 is 18.9. The maximum atomic E-state index is 14.4. The highest BCUT2D eigenvalue weighted by Gasteiger charge is 2.51. The van der Waals surface area contributed by atoms with Gasteiger partial charge in [-0.2, -0.15) is 0 Å². The number of esters is 1. The Morgan fingerprint density at radius 1 is 0.634 bits per heavy atom. The van der Waals surface area contributed by atoms with E-state index in [0.717, 1.165) is 85.3 Å². The number of halogens is 1. The van der Waals surface area contributed by atoms with Crippen LogP contribution in [0.5, 0.6) is 0 Å². The van der Waals surface area contributed by atoms with Crippen molar-refractivity contribution in [2.24, 2.45) is 56.3 Å². The number of carbonyl (C=O) groups is 6. The molecule has 2 unspecified atom stereocenters. The largest absolute Gasteiger partial charge is 0.481 e. The second-order valence-corrected chi connectivity index (χ2v) is 24.5. The number of aliphatic imine (C=N–C) groups is 2. The summed E-state index contributed by atoms with van der Waals surface area (Å²) in [7, 11) is 3.44. The zero-order valence-electron chi connectivity index (χ0n) is 51.1. The molecule has 14 nitrogen and oxygen atoms in total. The number of para-hydroxylation sites is 2. The number of carbonyl (C=O) groups excluding carboxylic acids is 5. The molecule has 15 heteroatoms. The summed E-state index contributed by atoms with van der Waals surface area (Å²) >= 11 is 0. The standard InChI is InChI=1S/C35H51N3O4.C31H43N3O4.CH4.FH/c1-9-21-35(22-10-2,33(41)42-34(5,6)7)27(23-24(3)4)31(39)37-30-32(40)38(8)28-20-16-15-19-26(28)29(36-30)25-17-13-11-12-14-18-25;1-6-18-31(19-7-2,30(37)38)24(20-21(3)4)28(35)33-27-29(36)34(5)25-17-13-12-16-23(25)26(32-27)22-14-10-8-9-11-15-22;;/h9-10,15-16,19-20,24-25,27,30H,1-2,11-14,17-18,21-23H2,3-8H3,(H,37,39);6-7,12-13,16-17,21-22,24,27H,1-2,8-11,14-15,18-20H2,3-5H3,(H,33,35)(H,37,38);1H4;1H/t27-,30?;24-,27?;;/m00../s1/i/hT. The molecule has 2 aromatic carbocycles. The first kappa shape index (κ1) is 68.0. The van der Waals surface area contributed by atoms with Crippen LogP contribution in [0.2, 0.25) is 0 Å². The number of rotatable bonds is 22. The number of likely N-dealkylation sites (N-methyl/N-ethyl adjacent to an activating group) is 2. The number of aliphatic carboxylic acids is 1. The summed E-state index contributed by atoms with van der Waals surface area (Å²) in [4.78, 5) is 95.5. The van der Waals surface area contributed by atoms with E-state index in [0.29, 0.717) is 12.8 Å². The summed E-state index contributed by atoms with van der Waals surface area (Å²) in [5.74, 6) is -4.17. The minimum atomic E-state index is -1.41. The number of benzene rings is 2. The van der Waals surface area contributed by atoms with Crippen LogP contribution in [0.1, 0.15) is 183 Å². The molecule has 2 fully saturated rings. The fraction of sp³-hybridized carbons (Fsp3) is 0.582. The van der Waals surface area contributed by atoms with Crippen LogP contribution in [0, 0.1) is 46.3 Å². The van der Waals surface area contributed by atoms with Crippen LogP contribution in [0.25, 0.3) is 0 Å². The van der Waals surface area contributed by atoms with E-state index >= 15 is 0 Å². The van der Waals surface area contributed by atoms with Crippen LogP contribution >= 0.6 is 0 Å². The van der Waals surface area contributed by atoms with Crippen molar-refractivity contribution in [2.75, 3.05) is 23.9 Å². The first-order valence-electron chi connectivity index (χ1n) is 29.8. The van der Waals surface area contributed by atoms with Gasteiger partial charge in [-0.15, -0.1) is 26.3 Å². The zero-order chi connectivity index (χ0) is 61.0. The van der Waals surface area contributed by atoms with Gasteiger partial charge in [0.2, 0.25) is 24.1 Å². The van der Waals surface area contributed by atoms with E-state index in [1.165, 1.54) is 25.7 Å². The van der Waals surface area contributed by atoms with Gasteiger partial charge in [-0.1, -0.05) is 147 Å². The number of amides is 4. The van der Waals surface area contributed by atoms with Crippen LogP contribution < -0.4 is 20.4 Å². The van der Waals surface area contributed by atoms with Gasteiger partial charge >= 0.3 is 11.9 Å². The zero-order valence-corrected chi connectivity index (χ0v) is 50.1. The number of hydrogen-bond donors (Lipinski definition) is 3. The van der Waals surface area contributed by atoms with Gasteiger partial charge in [0, 0.05) is 37.1 Å². The molecule has 2 aliphatic carbocycles. The molecule has 0 spiro atoms. The quantitative estimate of drug-likeness (QED) is 0.0590. The summed E-state index contributed by atoms with van der Waals surface area (Å²) in [6, 6.07) is 15.6. The highest BCUT2D eigenvalue weighted by Crippen LogP contribution is 2.44. The predicted molar refractivity (Wildman–Crippen MR) is 332 cm³/mol. The van der Waals surface area contributed by atoms with E-state index in [1.807, 2.05) is 97.0 Å². The first-order chi connectivity index (χ1) is 39.0. The van der Waals surface area contributed by atoms with Crippen molar-refractivity contribution in [3.63, 3.8) is 0 Å². The average Bonchev–Trinajstić information content (AvgIpc) is 4.21. The number of benzodiazepines with no additional fused rings is 2. The molecule has 0 saturated heterocycles. The van der Waals surface area contributed by atoms with Gasteiger partial charge in [0.1, 0.15) is 5.60 Å². The summed E-state index contributed by atoms with van der Waals surface area (Å²) in [6.07, 6.45) is 18.8. The Morgan fingerprint density at radius 3 is 1.28 bits per heavy atom. The smallest absolute Gasteiger partial charge is 0.314 e. The predicted octanol–water partition coefficient (Wildman–Crippen LogP) is 13.5. The number of nitrogens with one attached hydrogen (secondary N) is 2. The van der Waals surface area contributed by atoms with E-state index in [9.17, 15) is 33.9 Å². The Hall–Kier alpha value is -6.51. The van der Waals surface area contributed by atoms with Gasteiger partial charge in [0.25, 0.3) is 13.3 Å². The van der Waals surface area contributed by atoms with Crippen molar-refractivity contribution in [3.8, 4) is 0 Å². The fourth-order valence-corrected chi connectivity index (χ4v) is 12.4. The van der Waals surface area contributed by atoms with Crippen LogP contribution in [0.3, 0.4) is 0 Å². The number of carboxylic acid groups (broad SMARTS) is 1. The van der Waals surface area contributed by atoms with Crippen LogP contribution in [0.15, 0.2) is 109 Å². The summed E-state index contributed by atoms with van der Waals surface area (Å²) in [6.45, 7) is 28.7. The molecule has 4 amide bonds. The summed E-state index contributed by atoms with van der Waals surface area (Å²) in [5.41, 5.74) is 1.79. The first-order valence-corrected chi connectivity index (χ1v) is 29.4. The van der Waals surface area contributed by atoms with E-state index in [1.54, 1.807) is 48.2 Å². The molecular weight excluding hydrogens is 1040 g/mol. The monoisotopic (exact) mass is 1140 g/mol. The van der Waals surface area contributed by atoms with Crippen molar-refractivity contribution in [3.05, 3.63) is 110 Å². The third-order valence-corrected chi connectivity index (χ3v) is 16.4. The fourth-order valence-electron chi connectivity index (χ4n) is 12.4. The number of nitrogens with zero attached hydrogens (tertiary/aromatic N) is 4. The molecular formula is C67H99FN6O8. The van der Waals surface area contributed by atoms with Crippen molar-refractivity contribution in [2.45, 2.75) is 189 Å². The second-order valence-electron chi connectivity index (χ2n) is 24.5. The van der Waals surface area contributed by atoms with Gasteiger partial charge in [-0.25, -0.2) is 0 Å². The SMILES string of the molecule is C.C=CCC(CC=C)(C(=O)O)[C@@H](CC(C)C)C(=O)NC1N=C(C2CCCCCC2)c2ccccc2N(C)C1=O.C=CCC(CC=C)(C(=O)OC(C)(C)C)[C@@H](CC(C)C)C(=O)NC1N=C(C2CCCCCC2)c2ccccc2N(C)C1=O.[3H]F. The van der Waals surface area contributed by atoms with Gasteiger partial charge in [-0.05, 0) is 109 Å². The number of allylic oxidation sites excluding steroid dienone is 4. The highest BCUT2D eigenvalue weighted by molar-refractivity contribution is 6.15. The molecule has 6 rings (SSSR count).